The van der Waals surface area contributed by atoms with Crippen molar-refractivity contribution in [2.75, 3.05) is 26.7 Å². The van der Waals surface area contributed by atoms with Gasteiger partial charge in [-0.15, -0.1) is 0 Å². The van der Waals surface area contributed by atoms with Crippen molar-refractivity contribution in [1.29, 1.82) is 0 Å². The SMILES string of the molecule is Cc1cc(C(=O)N2CC[C@H](CN(C)Cc3cccnc3)C2)nc(=O)[nH]1. The predicted octanol–water partition coefficient (Wildman–Crippen LogP) is 1.07. The van der Waals surface area contributed by atoms with Crippen molar-refractivity contribution in [1.82, 2.24) is 24.8 Å². The van der Waals surface area contributed by atoms with Crippen LogP contribution in [0, 0.1) is 12.8 Å². The van der Waals surface area contributed by atoms with E-state index >= 15 is 0 Å². The van der Waals surface area contributed by atoms with Gasteiger partial charge in [0.25, 0.3) is 5.91 Å². The van der Waals surface area contributed by atoms with Gasteiger partial charge < -0.3 is 14.8 Å². The number of amides is 1. The summed E-state index contributed by atoms with van der Waals surface area (Å²) < 4.78 is 0. The number of carbonyl (C=O) groups excluding carboxylic acids is 1. The van der Waals surface area contributed by atoms with Crippen LogP contribution in [-0.2, 0) is 6.54 Å². The molecule has 1 saturated heterocycles. The molecule has 2 aromatic rings. The van der Waals surface area contributed by atoms with Crippen LogP contribution in [0.5, 0.6) is 0 Å². The number of pyridine rings is 1. The Kier molecular flexibility index (Phi) is 5.23. The summed E-state index contributed by atoms with van der Waals surface area (Å²) in [6.07, 6.45) is 4.61. The highest BCUT2D eigenvalue weighted by molar-refractivity contribution is 5.92. The van der Waals surface area contributed by atoms with Crippen LogP contribution in [0.25, 0.3) is 0 Å². The summed E-state index contributed by atoms with van der Waals surface area (Å²) >= 11 is 0. The van der Waals surface area contributed by atoms with Gasteiger partial charge in [-0.2, -0.15) is 4.98 Å². The van der Waals surface area contributed by atoms with E-state index in [9.17, 15) is 9.59 Å². The monoisotopic (exact) mass is 341 g/mol. The fraction of sp³-hybridized carbons (Fsp3) is 0.444. The minimum atomic E-state index is -0.477. The minimum absolute atomic E-state index is 0.161. The lowest BCUT2D eigenvalue weighted by Crippen LogP contribution is -2.33. The Morgan fingerprint density at radius 3 is 3.04 bits per heavy atom. The quantitative estimate of drug-likeness (QED) is 0.880. The summed E-state index contributed by atoms with van der Waals surface area (Å²) in [6.45, 7) is 4.91. The molecule has 1 aliphatic heterocycles. The van der Waals surface area contributed by atoms with E-state index in [0.717, 1.165) is 19.5 Å². The molecule has 1 fully saturated rings. The van der Waals surface area contributed by atoms with Gasteiger partial charge >= 0.3 is 5.69 Å². The zero-order chi connectivity index (χ0) is 17.8. The lowest BCUT2D eigenvalue weighted by atomic mass is 10.1. The van der Waals surface area contributed by atoms with Gasteiger partial charge in [-0.1, -0.05) is 6.07 Å². The van der Waals surface area contributed by atoms with Gasteiger partial charge in [0.1, 0.15) is 5.69 Å². The molecule has 3 heterocycles. The zero-order valence-electron chi connectivity index (χ0n) is 14.6. The number of carbonyl (C=O) groups is 1. The molecule has 1 amide bonds. The van der Waals surface area contributed by atoms with Crippen molar-refractivity contribution in [2.45, 2.75) is 19.9 Å². The van der Waals surface area contributed by atoms with E-state index in [2.05, 4.69) is 33.0 Å². The normalized spacial score (nSPS) is 17.2. The maximum atomic E-state index is 12.6. The van der Waals surface area contributed by atoms with Crippen LogP contribution in [0.4, 0.5) is 0 Å². The Balaban J connectivity index is 1.56. The highest BCUT2D eigenvalue weighted by Crippen LogP contribution is 2.19. The van der Waals surface area contributed by atoms with Gasteiger partial charge in [0.05, 0.1) is 0 Å². The number of hydrogen-bond donors (Lipinski definition) is 1. The van der Waals surface area contributed by atoms with Gasteiger partial charge in [0.15, 0.2) is 0 Å². The Hall–Kier alpha value is -2.54. The van der Waals surface area contributed by atoms with Gasteiger partial charge in [0, 0.05) is 44.3 Å². The van der Waals surface area contributed by atoms with Gasteiger partial charge in [-0.3, -0.25) is 9.78 Å². The van der Waals surface area contributed by atoms with Crippen LogP contribution >= 0.6 is 0 Å². The number of H-pyrrole nitrogens is 1. The maximum absolute atomic E-state index is 12.6. The van der Waals surface area contributed by atoms with E-state index in [1.54, 1.807) is 24.1 Å². The van der Waals surface area contributed by atoms with Crippen LogP contribution < -0.4 is 5.69 Å². The Morgan fingerprint density at radius 2 is 2.32 bits per heavy atom. The first-order valence-corrected chi connectivity index (χ1v) is 8.46. The van der Waals surface area contributed by atoms with E-state index in [0.29, 0.717) is 24.7 Å². The smallest absolute Gasteiger partial charge is 0.337 e. The number of hydrogen-bond acceptors (Lipinski definition) is 5. The molecule has 1 atom stereocenters. The van der Waals surface area contributed by atoms with Crippen LogP contribution in [0.1, 0.15) is 28.2 Å². The molecular weight excluding hydrogens is 318 g/mol. The number of nitrogens with one attached hydrogen (secondary N) is 1. The topological polar surface area (TPSA) is 82.2 Å². The Morgan fingerprint density at radius 1 is 1.48 bits per heavy atom. The van der Waals surface area contributed by atoms with Crippen molar-refractivity contribution < 1.29 is 4.79 Å². The summed E-state index contributed by atoms with van der Waals surface area (Å²) in [6, 6.07) is 5.64. The van der Waals surface area contributed by atoms with Crippen molar-refractivity contribution in [3.8, 4) is 0 Å². The molecule has 0 radical (unpaired) electrons. The van der Waals surface area contributed by atoms with Gasteiger partial charge in [-0.05, 0) is 44.0 Å². The molecule has 25 heavy (non-hydrogen) atoms. The molecule has 2 aromatic heterocycles. The molecule has 7 nitrogen and oxygen atoms in total. The first kappa shape index (κ1) is 17.3. The summed E-state index contributed by atoms with van der Waals surface area (Å²) in [5.41, 5.74) is 1.58. The number of likely N-dealkylation sites (tertiary alicyclic amines) is 1. The first-order valence-electron chi connectivity index (χ1n) is 8.46. The zero-order valence-corrected chi connectivity index (χ0v) is 14.6. The van der Waals surface area contributed by atoms with Gasteiger partial charge in [-0.25, -0.2) is 4.79 Å². The number of aromatic amines is 1. The van der Waals surface area contributed by atoms with E-state index < -0.39 is 5.69 Å². The molecule has 3 rings (SSSR count). The molecule has 0 saturated carbocycles. The fourth-order valence-electron chi connectivity index (χ4n) is 3.33. The van der Waals surface area contributed by atoms with Crippen molar-refractivity contribution in [3.05, 3.63) is 58.0 Å². The highest BCUT2D eigenvalue weighted by atomic mass is 16.2. The molecule has 0 aromatic carbocycles. The van der Waals surface area contributed by atoms with Crippen LogP contribution in [0.3, 0.4) is 0 Å². The first-order chi connectivity index (χ1) is 12.0. The number of rotatable bonds is 5. The summed E-state index contributed by atoms with van der Waals surface area (Å²) in [5.74, 6) is 0.264. The molecule has 132 valence electrons. The molecule has 7 heteroatoms. The lowest BCUT2D eigenvalue weighted by Gasteiger charge is -2.21. The third-order valence-electron chi connectivity index (χ3n) is 4.42. The average Bonchev–Trinajstić information content (AvgIpc) is 3.02. The number of aryl methyl sites for hydroxylation is 1. The van der Waals surface area contributed by atoms with Crippen molar-refractivity contribution in [2.24, 2.45) is 5.92 Å². The van der Waals surface area contributed by atoms with Crippen LogP contribution in [-0.4, -0.2) is 57.3 Å². The second-order valence-corrected chi connectivity index (χ2v) is 6.72. The third kappa shape index (κ3) is 4.51. The van der Waals surface area contributed by atoms with E-state index in [-0.39, 0.29) is 11.6 Å². The summed E-state index contributed by atoms with van der Waals surface area (Å²) in [5, 5.41) is 0. The second kappa shape index (κ2) is 7.57. The Bertz CT molecular complexity index is 790. The predicted molar refractivity (Wildman–Crippen MR) is 94.2 cm³/mol. The molecule has 0 bridgehead atoms. The third-order valence-corrected chi connectivity index (χ3v) is 4.42. The lowest BCUT2D eigenvalue weighted by molar-refractivity contribution is 0.0777. The standard InChI is InChI=1S/C18H23N5O2/c1-13-8-16(21-18(25)20-13)17(24)23-7-5-15(12-23)11-22(2)10-14-4-3-6-19-9-14/h3-4,6,8-9,15H,5,7,10-12H2,1-2H3,(H,20,21,25)/t15-/m1/s1. The van der Waals surface area contributed by atoms with Crippen molar-refractivity contribution in [3.63, 3.8) is 0 Å². The number of aromatic nitrogens is 3. The van der Waals surface area contributed by atoms with E-state index in [1.807, 2.05) is 12.3 Å². The number of nitrogens with zero attached hydrogens (tertiary/aromatic N) is 4. The molecule has 1 aliphatic rings. The summed E-state index contributed by atoms with van der Waals surface area (Å²) in [4.78, 5) is 38.6. The highest BCUT2D eigenvalue weighted by Gasteiger charge is 2.28. The molecule has 0 unspecified atom stereocenters. The Labute approximate surface area is 146 Å². The minimum Gasteiger partial charge on any atom is -0.337 e. The fourth-order valence-corrected chi connectivity index (χ4v) is 3.33. The molecular formula is C18H23N5O2. The molecule has 0 aliphatic carbocycles. The largest absolute Gasteiger partial charge is 0.345 e. The maximum Gasteiger partial charge on any atom is 0.345 e. The van der Waals surface area contributed by atoms with E-state index in [1.165, 1.54) is 5.56 Å². The van der Waals surface area contributed by atoms with Crippen LogP contribution in [0.15, 0.2) is 35.4 Å². The van der Waals surface area contributed by atoms with Crippen LogP contribution in [0.2, 0.25) is 0 Å². The van der Waals surface area contributed by atoms with E-state index in [4.69, 9.17) is 0 Å². The van der Waals surface area contributed by atoms with Crippen molar-refractivity contribution >= 4 is 5.91 Å². The molecule has 1 N–H and O–H groups in total. The second-order valence-electron chi connectivity index (χ2n) is 6.72. The molecule has 0 spiro atoms. The summed E-state index contributed by atoms with van der Waals surface area (Å²) in [7, 11) is 2.08. The van der Waals surface area contributed by atoms with Gasteiger partial charge in [0.2, 0.25) is 0 Å². The average molecular weight is 341 g/mol.